The van der Waals surface area contributed by atoms with Crippen LogP contribution in [0.5, 0.6) is 5.75 Å². The highest BCUT2D eigenvalue weighted by molar-refractivity contribution is 5.29. The van der Waals surface area contributed by atoms with Crippen LogP contribution in [0.15, 0.2) is 24.3 Å². The Kier molecular flexibility index (Phi) is 5.02. The van der Waals surface area contributed by atoms with E-state index in [1.807, 2.05) is 24.3 Å². The Morgan fingerprint density at radius 1 is 1.35 bits per heavy atom. The molecule has 20 heavy (non-hydrogen) atoms. The highest BCUT2D eigenvalue weighted by Crippen LogP contribution is 2.26. The first kappa shape index (κ1) is 15.3. The molecule has 0 bridgehead atoms. The Hall–Kier alpha value is -1.10. The maximum absolute atomic E-state index is 6.42. The molecule has 0 spiro atoms. The minimum absolute atomic E-state index is 0.0151. The summed E-state index contributed by atoms with van der Waals surface area (Å²) in [6, 6.07) is 8.71. The van der Waals surface area contributed by atoms with E-state index >= 15 is 0 Å². The average molecular weight is 278 g/mol. The van der Waals surface area contributed by atoms with Crippen molar-refractivity contribution in [2.24, 2.45) is 5.73 Å². The molecule has 1 aromatic carbocycles. The smallest absolute Gasteiger partial charge is 0.118 e. The lowest BCUT2D eigenvalue weighted by atomic mass is 9.98. The predicted molar refractivity (Wildman–Crippen MR) is 81.0 cm³/mol. The van der Waals surface area contributed by atoms with Crippen LogP contribution < -0.4 is 10.5 Å². The van der Waals surface area contributed by atoms with Gasteiger partial charge < -0.3 is 15.2 Å². The number of ether oxygens (including phenoxy) is 2. The fraction of sp³-hybridized carbons (Fsp3) is 0.625. The van der Waals surface area contributed by atoms with Crippen molar-refractivity contribution in [3.8, 4) is 5.75 Å². The fourth-order valence-electron chi connectivity index (χ4n) is 2.92. The predicted octanol–water partition coefficient (Wildman–Crippen LogP) is 2.19. The van der Waals surface area contributed by atoms with Gasteiger partial charge in [0.1, 0.15) is 5.75 Å². The summed E-state index contributed by atoms with van der Waals surface area (Å²) in [5.41, 5.74) is 7.56. The van der Waals surface area contributed by atoms with Crippen LogP contribution in [-0.4, -0.2) is 43.9 Å². The highest BCUT2D eigenvalue weighted by Gasteiger charge is 2.32. The van der Waals surface area contributed by atoms with Gasteiger partial charge in [0.15, 0.2) is 0 Å². The van der Waals surface area contributed by atoms with Crippen molar-refractivity contribution in [3.05, 3.63) is 29.8 Å². The topological polar surface area (TPSA) is 47.7 Å². The molecule has 0 aliphatic carbocycles. The molecule has 1 aliphatic heterocycles. The molecule has 0 radical (unpaired) electrons. The second-order valence-corrected chi connectivity index (χ2v) is 5.64. The summed E-state index contributed by atoms with van der Waals surface area (Å²) in [7, 11) is 3.82. The van der Waals surface area contributed by atoms with Crippen molar-refractivity contribution in [1.82, 2.24) is 4.90 Å². The van der Waals surface area contributed by atoms with Crippen LogP contribution in [0.1, 0.15) is 31.9 Å². The summed E-state index contributed by atoms with van der Waals surface area (Å²) >= 11 is 0. The highest BCUT2D eigenvalue weighted by atomic mass is 16.5. The van der Waals surface area contributed by atoms with Gasteiger partial charge >= 0.3 is 0 Å². The van der Waals surface area contributed by atoms with E-state index in [1.165, 1.54) is 0 Å². The van der Waals surface area contributed by atoms with Crippen LogP contribution in [-0.2, 0) is 4.74 Å². The van der Waals surface area contributed by atoms with Crippen LogP contribution in [0.4, 0.5) is 0 Å². The molecule has 1 aromatic rings. The van der Waals surface area contributed by atoms with E-state index in [0.29, 0.717) is 6.04 Å². The fourth-order valence-corrected chi connectivity index (χ4v) is 2.92. The summed E-state index contributed by atoms with van der Waals surface area (Å²) in [4.78, 5) is 2.35. The van der Waals surface area contributed by atoms with Gasteiger partial charge in [0.05, 0.1) is 13.2 Å². The molecule has 1 saturated heterocycles. The van der Waals surface area contributed by atoms with E-state index in [2.05, 4.69) is 25.8 Å². The lowest BCUT2D eigenvalue weighted by Crippen LogP contribution is -2.46. The Morgan fingerprint density at radius 2 is 2.00 bits per heavy atom. The SMILES string of the molecule is COc1ccc(C(N)C(C)N(C)C2CCOC2C)cc1. The molecule has 1 heterocycles. The Bertz CT molecular complexity index is 421. The van der Waals surface area contributed by atoms with Gasteiger partial charge in [-0.25, -0.2) is 0 Å². The molecule has 1 aliphatic rings. The zero-order chi connectivity index (χ0) is 14.7. The maximum atomic E-state index is 6.42. The second kappa shape index (κ2) is 6.57. The van der Waals surface area contributed by atoms with Crippen molar-refractivity contribution >= 4 is 0 Å². The van der Waals surface area contributed by atoms with Gasteiger partial charge in [-0.3, -0.25) is 4.90 Å². The van der Waals surface area contributed by atoms with Crippen LogP contribution in [0, 0.1) is 0 Å². The molecule has 0 aromatic heterocycles. The number of rotatable bonds is 5. The molecule has 4 unspecified atom stereocenters. The van der Waals surface area contributed by atoms with Crippen molar-refractivity contribution < 1.29 is 9.47 Å². The zero-order valence-electron chi connectivity index (χ0n) is 12.9. The van der Waals surface area contributed by atoms with Crippen molar-refractivity contribution in [2.75, 3.05) is 20.8 Å². The Morgan fingerprint density at radius 3 is 2.50 bits per heavy atom. The summed E-state index contributed by atoms with van der Waals surface area (Å²) in [6.07, 6.45) is 1.36. The van der Waals surface area contributed by atoms with Gasteiger partial charge in [-0.15, -0.1) is 0 Å². The van der Waals surface area contributed by atoms with E-state index < -0.39 is 0 Å². The molecule has 4 nitrogen and oxygen atoms in total. The molecular formula is C16H26N2O2. The monoisotopic (exact) mass is 278 g/mol. The number of methoxy groups -OCH3 is 1. The Balaban J connectivity index is 2.04. The first-order valence-electron chi connectivity index (χ1n) is 7.27. The third-order valence-corrected chi connectivity index (χ3v) is 4.52. The number of nitrogens with two attached hydrogens (primary N) is 1. The number of benzene rings is 1. The third kappa shape index (κ3) is 3.14. The first-order chi connectivity index (χ1) is 9.54. The van der Waals surface area contributed by atoms with Gasteiger partial charge in [0.25, 0.3) is 0 Å². The Labute approximate surface area is 121 Å². The van der Waals surface area contributed by atoms with Crippen LogP contribution in [0.25, 0.3) is 0 Å². The van der Waals surface area contributed by atoms with Gasteiger partial charge in [0, 0.05) is 24.7 Å². The summed E-state index contributed by atoms with van der Waals surface area (Å²) < 4.78 is 10.8. The molecule has 0 saturated carbocycles. The van der Waals surface area contributed by atoms with Crippen molar-refractivity contribution in [2.45, 2.75) is 44.5 Å². The molecule has 4 heteroatoms. The quantitative estimate of drug-likeness (QED) is 0.897. The van der Waals surface area contributed by atoms with Crippen molar-refractivity contribution in [1.29, 1.82) is 0 Å². The normalized spacial score (nSPS) is 25.7. The lowest BCUT2D eigenvalue weighted by molar-refractivity contribution is 0.0654. The van der Waals surface area contributed by atoms with Crippen LogP contribution >= 0.6 is 0 Å². The number of nitrogens with zero attached hydrogens (tertiary/aromatic N) is 1. The first-order valence-corrected chi connectivity index (χ1v) is 7.27. The number of likely N-dealkylation sites (N-methyl/N-ethyl adjacent to an activating group) is 1. The zero-order valence-corrected chi connectivity index (χ0v) is 12.9. The molecule has 2 N–H and O–H groups in total. The number of hydrogen-bond donors (Lipinski definition) is 1. The summed E-state index contributed by atoms with van der Waals surface area (Å²) in [5, 5.41) is 0. The van der Waals surface area contributed by atoms with Crippen LogP contribution in [0.3, 0.4) is 0 Å². The van der Waals surface area contributed by atoms with Gasteiger partial charge in [-0.2, -0.15) is 0 Å². The molecular weight excluding hydrogens is 252 g/mol. The van der Waals surface area contributed by atoms with Crippen molar-refractivity contribution in [3.63, 3.8) is 0 Å². The molecule has 112 valence electrons. The third-order valence-electron chi connectivity index (χ3n) is 4.52. The number of hydrogen-bond acceptors (Lipinski definition) is 4. The average Bonchev–Trinajstić information content (AvgIpc) is 2.91. The summed E-state index contributed by atoms with van der Waals surface area (Å²) in [5.74, 6) is 0.861. The largest absolute Gasteiger partial charge is 0.497 e. The minimum atomic E-state index is -0.0151. The second-order valence-electron chi connectivity index (χ2n) is 5.64. The van der Waals surface area contributed by atoms with Gasteiger partial charge in [-0.1, -0.05) is 12.1 Å². The van der Waals surface area contributed by atoms with E-state index in [4.69, 9.17) is 15.2 Å². The van der Waals surface area contributed by atoms with E-state index in [-0.39, 0.29) is 18.2 Å². The molecule has 0 amide bonds. The van der Waals surface area contributed by atoms with E-state index in [9.17, 15) is 0 Å². The van der Waals surface area contributed by atoms with E-state index in [1.54, 1.807) is 7.11 Å². The molecule has 1 fully saturated rings. The summed E-state index contributed by atoms with van der Waals surface area (Å²) in [6.45, 7) is 5.17. The standard InChI is InChI=1S/C16H26N2O2/c1-11(18(3)15-9-10-20-12(15)2)16(17)13-5-7-14(19-4)8-6-13/h5-8,11-12,15-16H,9-10,17H2,1-4H3. The molecule has 4 atom stereocenters. The lowest BCUT2D eigenvalue weighted by Gasteiger charge is -2.35. The van der Waals surface area contributed by atoms with Gasteiger partial charge in [0.2, 0.25) is 0 Å². The minimum Gasteiger partial charge on any atom is -0.497 e. The van der Waals surface area contributed by atoms with Gasteiger partial charge in [-0.05, 0) is 45.0 Å². The van der Waals surface area contributed by atoms with Crippen LogP contribution in [0.2, 0.25) is 0 Å². The van der Waals surface area contributed by atoms with E-state index in [0.717, 1.165) is 24.3 Å². The molecule has 2 rings (SSSR count). The maximum Gasteiger partial charge on any atom is 0.118 e.